The molecule has 0 aliphatic heterocycles. The lowest BCUT2D eigenvalue weighted by Gasteiger charge is -2.18. The van der Waals surface area contributed by atoms with Gasteiger partial charge in [0.15, 0.2) is 5.69 Å². The van der Waals surface area contributed by atoms with Crippen molar-refractivity contribution in [3.05, 3.63) is 46.2 Å². The van der Waals surface area contributed by atoms with Crippen molar-refractivity contribution in [2.45, 2.75) is 33.3 Å². The summed E-state index contributed by atoms with van der Waals surface area (Å²) in [6, 6.07) is 6.50. The summed E-state index contributed by atoms with van der Waals surface area (Å²) in [5.41, 5.74) is 6.23. The Bertz CT molecular complexity index is 755. The summed E-state index contributed by atoms with van der Waals surface area (Å²) >= 11 is 6.04. The summed E-state index contributed by atoms with van der Waals surface area (Å²) in [6.07, 6.45) is 0. The van der Waals surface area contributed by atoms with Crippen LogP contribution in [0.1, 0.15) is 47.3 Å². The van der Waals surface area contributed by atoms with Gasteiger partial charge in [0.25, 0.3) is 5.91 Å². The van der Waals surface area contributed by atoms with Crippen LogP contribution in [0.25, 0.3) is 5.69 Å². The van der Waals surface area contributed by atoms with Gasteiger partial charge in [0.1, 0.15) is 11.3 Å². The highest BCUT2D eigenvalue weighted by molar-refractivity contribution is 6.30. The van der Waals surface area contributed by atoms with E-state index < -0.39 is 17.5 Å². The van der Waals surface area contributed by atoms with Gasteiger partial charge in [-0.15, -0.1) is 0 Å². The highest BCUT2D eigenvalue weighted by atomic mass is 35.5. The molecule has 0 fully saturated rings. The molecular weight excluding hydrogens is 318 g/mol. The molecule has 0 spiro atoms. The van der Waals surface area contributed by atoms with Gasteiger partial charge in [-0.2, -0.15) is 5.10 Å². The van der Waals surface area contributed by atoms with Crippen molar-refractivity contribution in [3.8, 4) is 5.69 Å². The molecule has 23 heavy (non-hydrogen) atoms. The Morgan fingerprint density at radius 1 is 1.22 bits per heavy atom. The molecule has 0 saturated heterocycles. The number of primary amides is 1. The minimum atomic E-state index is -0.704. The molecule has 0 aliphatic carbocycles. The molecule has 0 saturated carbocycles. The second-order valence-electron chi connectivity index (χ2n) is 6.18. The van der Waals surface area contributed by atoms with Crippen LogP contribution < -0.4 is 5.73 Å². The second-order valence-corrected chi connectivity index (χ2v) is 6.62. The molecule has 6 nitrogen and oxygen atoms in total. The third-order valence-electron chi connectivity index (χ3n) is 2.84. The number of carbonyl (C=O) groups is 2. The van der Waals surface area contributed by atoms with Gasteiger partial charge in [-0.1, -0.05) is 11.6 Å². The lowest BCUT2D eigenvalue weighted by atomic mass is 10.2. The lowest BCUT2D eigenvalue weighted by molar-refractivity contribution is 0.00623. The van der Waals surface area contributed by atoms with E-state index in [0.29, 0.717) is 10.7 Å². The van der Waals surface area contributed by atoms with Crippen molar-refractivity contribution in [1.82, 2.24) is 9.78 Å². The van der Waals surface area contributed by atoms with E-state index in [2.05, 4.69) is 5.10 Å². The Kier molecular flexibility index (Phi) is 4.47. The number of esters is 1. The summed E-state index contributed by atoms with van der Waals surface area (Å²) in [5.74, 6) is -1.33. The van der Waals surface area contributed by atoms with E-state index in [1.54, 1.807) is 39.0 Å². The molecule has 0 atom stereocenters. The Labute approximate surface area is 139 Å². The average molecular weight is 336 g/mol. The number of aryl methyl sites for hydroxylation is 1. The van der Waals surface area contributed by atoms with E-state index >= 15 is 0 Å². The molecule has 0 unspecified atom stereocenters. The first-order chi connectivity index (χ1) is 10.6. The molecule has 2 aromatic rings. The minimum Gasteiger partial charge on any atom is -0.455 e. The fraction of sp³-hybridized carbons (Fsp3) is 0.312. The molecule has 0 radical (unpaired) electrons. The second kappa shape index (κ2) is 6.04. The highest BCUT2D eigenvalue weighted by Gasteiger charge is 2.23. The predicted molar refractivity (Wildman–Crippen MR) is 87.0 cm³/mol. The number of aromatic nitrogens is 2. The number of nitrogens with zero attached hydrogens (tertiary/aromatic N) is 2. The fourth-order valence-corrected chi connectivity index (χ4v) is 2.31. The molecule has 0 aliphatic rings. The maximum absolute atomic E-state index is 12.1. The number of benzene rings is 1. The van der Waals surface area contributed by atoms with E-state index in [0.717, 1.165) is 5.56 Å². The van der Waals surface area contributed by atoms with Crippen molar-refractivity contribution in [2.24, 2.45) is 5.73 Å². The smallest absolute Gasteiger partial charge is 0.359 e. The van der Waals surface area contributed by atoms with Crippen LogP contribution >= 0.6 is 11.6 Å². The molecule has 1 aromatic heterocycles. The summed E-state index contributed by atoms with van der Waals surface area (Å²) in [6.45, 7) is 7.10. The lowest BCUT2D eigenvalue weighted by Crippen LogP contribution is -2.24. The summed E-state index contributed by atoms with van der Waals surface area (Å²) in [5, 5.41) is 4.64. The predicted octanol–water partition coefficient (Wildman–Crippen LogP) is 2.89. The first-order valence-corrected chi connectivity index (χ1v) is 7.35. The topological polar surface area (TPSA) is 87.2 Å². The minimum absolute atomic E-state index is 0.00588. The zero-order valence-electron chi connectivity index (χ0n) is 13.4. The van der Waals surface area contributed by atoms with Crippen molar-refractivity contribution < 1.29 is 14.3 Å². The van der Waals surface area contributed by atoms with Crippen LogP contribution in [0.2, 0.25) is 5.02 Å². The molecular formula is C16H18ClN3O3. The SMILES string of the molecule is Cc1cc(Cl)cc(-n2nc(C(=O)OC(C)(C)C)cc2C(N)=O)c1. The molecule has 2 rings (SSSR count). The molecule has 0 bridgehead atoms. The van der Waals surface area contributed by atoms with E-state index in [4.69, 9.17) is 22.1 Å². The van der Waals surface area contributed by atoms with Crippen LogP contribution in [0, 0.1) is 6.92 Å². The number of hydrogen-bond acceptors (Lipinski definition) is 4. The van der Waals surface area contributed by atoms with Gasteiger partial charge in [-0.3, -0.25) is 4.79 Å². The Morgan fingerprint density at radius 2 is 1.87 bits per heavy atom. The fourth-order valence-electron chi connectivity index (χ4n) is 2.02. The summed E-state index contributed by atoms with van der Waals surface area (Å²) < 4.78 is 6.55. The number of ether oxygens (including phenoxy) is 1. The third kappa shape index (κ3) is 4.10. The van der Waals surface area contributed by atoms with Gasteiger partial charge >= 0.3 is 5.97 Å². The van der Waals surface area contributed by atoms with Crippen LogP contribution in [-0.2, 0) is 4.74 Å². The van der Waals surface area contributed by atoms with Crippen LogP contribution in [0.3, 0.4) is 0 Å². The summed E-state index contributed by atoms with van der Waals surface area (Å²) in [7, 11) is 0. The van der Waals surface area contributed by atoms with E-state index in [-0.39, 0.29) is 11.4 Å². The number of carbonyl (C=O) groups excluding carboxylic acids is 2. The van der Waals surface area contributed by atoms with Crippen molar-refractivity contribution in [1.29, 1.82) is 0 Å². The van der Waals surface area contributed by atoms with Gasteiger partial charge < -0.3 is 10.5 Å². The Morgan fingerprint density at radius 3 is 2.39 bits per heavy atom. The maximum Gasteiger partial charge on any atom is 0.359 e. The standard InChI is InChI=1S/C16H18ClN3O3/c1-9-5-10(17)7-11(6-9)20-13(14(18)21)8-12(19-20)15(22)23-16(2,3)4/h5-8H,1-4H3,(H2,18,21). The monoisotopic (exact) mass is 335 g/mol. The normalized spacial score (nSPS) is 11.3. The zero-order chi connectivity index (χ0) is 17.4. The number of amides is 1. The van der Waals surface area contributed by atoms with Gasteiger partial charge in [-0.25, -0.2) is 9.48 Å². The Balaban J connectivity index is 2.51. The molecule has 1 amide bonds. The number of rotatable bonds is 3. The van der Waals surface area contributed by atoms with Crippen molar-refractivity contribution >= 4 is 23.5 Å². The number of nitrogens with two attached hydrogens (primary N) is 1. The van der Waals surface area contributed by atoms with Crippen molar-refractivity contribution in [3.63, 3.8) is 0 Å². The molecule has 7 heteroatoms. The summed E-state index contributed by atoms with van der Waals surface area (Å²) in [4.78, 5) is 23.8. The highest BCUT2D eigenvalue weighted by Crippen LogP contribution is 2.20. The van der Waals surface area contributed by atoms with E-state index in [1.807, 2.05) is 6.92 Å². The molecule has 1 heterocycles. The molecule has 122 valence electrons. The van der Waals surface area contributed by atoms with Gasteiger partial charge in [-0.05, 0) is 51.5 Å². The van der Waals surface area contributed by atoms with E-state index in [1.165, 1.54) is 10.7 Å². The van der Waals surface area contributed by atoms with E-state index in [9.17, 15) is 9.59 Å². The number of hydrogen-bond donors (Lipinski definition) is 1. The molecule has 2 N–H and O–H groups in total. The van der Waals surface area contributed by atoms with Crippen LogP contribution in [-0.4, -0.2) is 27.3 Å². The largest absolute Gasteiger partial charge is 0.455 e. The van der Waals surface area contributed by atoms with Gasteiger partial charge in [0.05, 0.1) is 5.69 Å². The van der Waals surface area contributed by atoms with Crippen LogP contribution in [0.5, 0.6) is 0 Å². The Hall–Kier alpha value is -2.34. The average Bonchev–Trinajstić information content (AvgIpc) is 2.80. The first kappa shape index (κ1) is 17.0. The van der Waals surface area contributed by atoms with Crippen LogP contribution in [0.15, 0.2) is 24.3 Å². The van der Waals surface area contributed by atoms with Gasteiger partial charge in [0, 0.05) is 11.1 Å². The number of halogens is 1. The van der Waals surface area contributed by atoms with Crippen molar-refractivity contribution in [2.75, 3.05) is 0 Å². The van der Waals surface area contributed by atoms with Crippen LogP contribution in [0.4, 0.5) is 0 Å². The quantitative estimate of drug-likeness (QED) is 0.874. The maximum atomic E-state index is 12.1. The third-order valence-corrected chi connectivity index (χ3v) is 3.06. The zero-order valence-corrected chi connectivity index (χ0v) is 14.1. The molecule has 1 aromatic carbocycles. The first-order valence-electron chi connectivity index (χ1n) is 6.97. The van der Waals surface area contributed by atoms with Gasteiger partial charge in [0.2, 0.25) is 0 Å².